The van der Waals surface area contributed by atoms with Crippen LogP contribution in [0.15, 0.2) is 47.4 Å². The number of amides is 1. The van der Waals surface area contributed by atoms with Crippen molar-refractivity contribution in [1.29, 1.82) is 0 Å². The number of hydrogen-bond donors (Lipinski definition) is 1. The number of para-hydroxylation sites is 1. The summed E-state index contributed by atoms with van der Waals surface area (Å²) in [4.78, 5) is 27.8. The fourth-order valence-electron chi connectivity index (χ4n) is 4.56. The van der Waals surface area contributed by atoms with E-state index in [1.807, 2.05) is 38.1 Å². The van der Waals surface area contributed by atoms with Crippen molar-refractivity contribution in [2.24, 2.45) is 0 Å². The van der Waals surface area contributed by atoms with Gasteiger partial charge >= 0.3 is 5.97 Å². The Hall–Kier alpha value is -2.75. The van der Waals surface area contributed by atoms with E-state index < -0.39 is 34.2 Å². The number of aliphatic hydroxyl groups is 1. The Balaban J connectivity index is 1.51. The maximum absolute atomic E-state index is 13.3. The number of carbonyl (C=O) groups excluding carboxylic acids is 2. The third-order valence-electron chi connectivity index (χ3n) is 6.61. The van der Waals surface area contributed by atoms with Crippen LogP contribution in [0, 0.1) is 13.8 Å². The highest BCUT2D eigenvalue weighted by molar-refractivity contribution is 7.89. The van der Waals surface area contributed by atoms with Crippen LogP contribution < -0.4 is 4.90 Å². The number of hydrogen-bond acceptors (Lipinski definition) is 6. The van der Waals surface area contributed by atoms with Crippen LogP contribution in [0.4, 0.5) is 5.69 Å². The van der Waals surface area contributed by atoms with Crippen molar-refractivity contribution < 1.29 is 27.9 Å². The van der Waals surface area contributed by atoms with Crippen LogP contribution in [0.25, 0.3) is 0 Å². The number of aryl methyl sites for hydroxylation is 3. The van der Waals surface area contributed by atoms with E-state index in [1.54, 1.807) is 17.0 Å². The number of esters is 1. The van der Waals surface area contributed by atoms with Gasteiger partial charge in [-0.05, 0) is 68.5 Å². The average Bonchev–Trinajstić information content (AvgIpc) is 3.22. The molecule has 2 heterocycles. The summed E-state index contributed by atoms with van der Waals surface area (Å²) >= 11 is 0. The third-order valence-corrected chi connectivity index (χ3v) is 8.48. The van der Waals surface area contributed by atoms with Gasteiger partial charge in [-0.25, -0.2) is 8.42 Å². The fourth-order valence-corrected chi connectivity index (χ4v) is 6.27. The molecule has 0 spiro atoms. The molecule has 2 aliphatic heterocycles. The van der Waals surface area contributed by atoms with E-state index >= 15 is 0 Å². The standard InChI is InChI=1S/C25H30N2O6S/c1-16-10-11-21(13-17(16)2)34(31,32)27-15-20(28)14-23(27)25(30)33-18(3)24(29)26-12-6-8-19-7-4-5-9-22(19)26/h4-5,7,9-11,13,18,20,23,28H,6,8,12,14-15H2,1-3H3/t18-,20-,23+/m0/s1. The zero-order valence-electron chi connectivity index (χ0n) is 19.6. The molecule has 0 saturated carbocycles. The Bertz CT molecular complexity index is 1210. The molecule has 9 heteroatoms. The quantitative estimate of drug-likeness (QED) is 0.651. The summed E-state index contributed by atoms with van der Waals surface area (Å²) < 4.78 is 33.0. The van der Waals surface area contributed by atoms with Gasteiger partial charge in [0.25, 0.3) is 5.91 Å². The summed E-state index contributed by atoms with van der Waals surface area (Å²) in [7, 11) is -4.04. The highest BCUT2D eigenvalue weighted by atomic mass is 32.2. The smallest absolute Gasteiger partial charge is 0.325 e. The first-order chi connectivity index (χ1) is 16.1. The zero-order valence-corrected chi connectivity index (χ0v) is 20.4. The number of sulfonamides is 1. The summed E-state index contributed by atoms with van der Waals surface area (Å²) in [6, 6.07) is 11.2. The van der Waals surface area contributed by atoms with Gasteiger partial charge in [-0.15, -0.1) is 0 Å². The second-order valence-electron chi connectivity index (χ2n) is 9.03. The fraction of sp³-hybridized carbons (Fsp3) is 0.440. The molecule has 2 aromatic carbocycles. The summed E-state index contributed by atoms with van der Waals surface area (Å²) in [5.41, 5.74) is 3.62. The van der Waals surface area contributed by atoms with Crippen LogP contribution >= 0.6 is 0 Å². The first-order valence-corrected chi connectivity index (χ1v) is 12.9. The van der Waals surface area contributed by atoms with Crippen LogP contribution in [0.1, 0.15) is 36.5 Å². The topological polar surface area (TPSA) is 104 Å². The number of β-amino-alcohol motifs (C(OH)–C–C–N with tert-alkyl or cyclic N) is 1. The number of ether oxygens (including phenoxy) is 1. The molecule has 1 N–H and O–H groups in total. The first-order valence-electron chi connectivity index (χ1n) is 11.5. The van der Waals surface area contributed by atoms with Crippen molar-refractivity contribution in [3.05, 3.63) is 59.2 Å². The number of aliphatic hydroxyl groups excluding tert-OH is 1. The molecule has 4 rings (SSSR count). The van der Waals surface area contributed by atoms with Gasteiger partial charge < -0.3 is 14.7 Å². The van der Waals surface area contributed by atoms with Gasteiger partial charge in [-0.2, -0.15) is 4.31 Å². The maximum atomic E-state index is 13.3. The normalized spacial score (nSPS) is 21.7. The molecule has 1 saturated heterocycles. The molecule has 182 valence electrons. The Morgan fingerprint density at radius 1 is 1.12 bits per heavy atom. The molecule has 3 atom stereocenters. The number of rotatable bonds is 5. The minimum absolute atomic E-state index is 0.0524. The molecule has 8 nitrogen and oxygen atoms in total. The minimum Gasteiger partial charge on any atom is -0.451 e. The van der Waals surface area contributed by atoms with Crippen LogP contribution in [0.5, 0.6) is 0 Å². The van der Waals surface area contributed by atoms with Crippen molar-refractivity contribution in [3.8, 4) is 0 Å². The van der Waals surface area contributed by atoms with E-state index in [4.69, 9.17) is 4.74 Å². The highest BCUT2D eigenvalue weighted by Gasteiger charge is 2.45. The van der Waals surface area contributed by atoms with E-state index in [2.05, 4.69) is 0 Å². The SMILES string of the molecule is Cc1ccc(S(=O)(=O)N2C[C@@H](O)C[C@@H]2C(=O)O[C@@H](C)C(=O)N2CCCc3ccccc32)cc1C. The van der Waals surface area contributed by atoms with Crippen LogP contribution in [0.2, 0.25) is 0 Å². The lowest BCUT2D eigenvalue weighted by molar-refractivity contribution is -0.157. The molecule has 2 aliphatic rings. The third kappa shape index (κ3) is 4.60. The van der Waals surface area contributed by atoms with Crippen molar-refractivity contribution in [3.63, 3.8) is 0 Å². The zero-order chi connectivity index (χ0) is 24.6. The van der Waals surface area contributed by atoms with Gasteiger partial charge in [0, 0.05) is 25.2 Å². The highest BCUT2D eigenvalue weighted by Crippen LogP contribution is 2.30. The summed E-state index contributed by atoms with van der Waals surface area (Å²) in [6.07, 6.45) is -0.503. The molecule has 34 heavy (non-hydrogen) atoms. The number of benzene rings is 2. The molecule has 0 unspecified atom stereocenters. The molecule has 1 amide bonds. The van der Waals surface area contributed by atoms with Gasteiger partial charge in [0.1, 0.15) is 6.04 Å². The molecule has 0 radical (unpaired) electrons. The average molecular weight is 487 g/mol. The Morgan fingerprint density at radius 2 is 1.85 bits per heavy atom. The van der Waals surface area contributed by atoms with E-state index in [-0.39, 0.29) is 23.8 Å². The largest absolute Gasteiger partial charge is 0.451 e. The van der Waals surface area contributed by atoms with Gasteiger partial charge in [0.15, 0.2) is 6.10 Å². The molecule has 0 bridgehead atoms. The molecular weight excluding hydrogens is 456 g/mol. The van der Waals surface area contributed by atoms with Crippen molar-refractivity contribution in [2.45, 2.75) is 63.2 Å². The molecule has 0 aromatic heterocycles. The Morgan fingerprint density at radius 3 is 2.59 bits per heavy atom. The number of fused-ring (bicyclic) bond motifs is 1. The Kier molecular flexibility index (Phi) is 6.80. The van der Waals surface area contributed by atoms with E-state index in [1.165, 1.54) is 13.0 Å². The maximum Gasteiger partial charge on any atom is 0.325 e. The second kappa shape index (κ2) is 9.48. The number of anilines is 1. The molecule has 0 aliphatic carbocycles. The molecule has 2 aromatic rings. The summed E-state index contributed by atoms with van der Waals surface area (Å²) in [5.74, 6) is -1.20. The van der Waals surface area contributed by atoms with Crippen molar-refractivity contribution >= 4 is 27.6 Å². The van der Waals surface area contributed by atoms with Crippen LogP contribution in [-0.4, -0.2) is 61.0 Å². The van der Waals surface area contributed by atoms with Gasteiger partial charge in [-0.1, -0.05) is 24.3 Å². The second-order valence-corrected chi connectivity index (χ2v) is 10.9. The lowest BCUT2D eigenvalue weighted by Gasteiger charge is -2.31. The van der Waals surface area contributed by atoms with E-state index in [0.29, 0.717) is 6.54 Å². The monoisotopic (exact) mass is 486 g/mol. The van der Waals surface area contributed by atoms with Gasteiger partial charge in [0.05, 0.1) is 11.0 Å². The molecule has 1 fully saturated rings. The number of nitrogens with zero attached hydrogens (tertiary/aromatic N) is 2. The van der Waals surface area contributed by atoms with Crippen molar-refractivity contribution in [2.75, 3.05) is 18.0 Å². The lowest BCUT2D eigenvalue weighted by atomic mass is 10.0. The first kappa shape index (κ1) is 24.4. The van der Waals surface area contributed by atoms with E-state index in [9.17, 15) is 23.1 Å². The van der Waals surface area contributed by atoms with E-state index in [0.717, 1.165) is 39.5 Å². The predicted octanol–water partition coefficient (Wildman–Crippen LogP) is 2.34. The van der Waals surface area contributed by atoms with Crippen LogP contribution in [-0.2, 0) is 30.8 Å². The minimum atomic E-state index is -4.04. The number of carbonyl (C=O) groups is 2. The summed E-state index contributed by atoms with van der Waals surface area (Å²) in [6.45, 7) is 5.49. The van der Waals surface area contributed by atoms with Gasteiger partial charge in [-0.3, -0.25) is 9.59 Å². The summed E-state index contributed by atoms with van der Waals surface area (Å²) in [5, 5.41) is 10.2. The Labute approximate surface area is 200 Å². The van der Waals surface area contributed by atoms with Crippen molar-refractivity contribution in [1.82, 2.24) is 4.31 Å². The van der Waals surface area contributed by atoms with Gasteiger partial charge in [0.2, 0.25) is 10.0 Å². The lowest BCUT2D eigenvalue weighted by Crippen LogP contribution is -2.46. The molecular formula is C25H30N2O6S. The van der Waals surface area contributed by atoms with Crippen LogP contribution in [0.3, 0.4) is 0 Å². The predicted molar refractivity (Wildman–Crippen MR) is 127 cm³/mol.